The molecule has 1 unspecified atom stereocenters. The predicted octanol–water partition coefficient (Wildman–Crippen LogP) is 3.89. The molecule has 4 rings (SSSR count). The fourth-order valence-corrected chi connectivity index (χ4v) is 5.07. The molecule has 1 aromatic heterocycles. The van der Waals surface area contributed by atoms with Crippen molar-refractivity contribution in [2.24, 2.45) is 0 Å². The van der Waals surface area contributed by atoms with Gasteiger partial charge in [-0.1, -0.05) is 29.5 Å². The summed E-state index contributed by atoms with van der Waals surface area (Å²) in [5, 5.41) is 11.4. The van der Waals surface area contributed by atoms with E-state index in [-0.39, 0.29) is 26.9 Å². The van der Waals surface area contributed by atoms with Crippen LogP contribution in [0.2, 0.25) is 0 Å². The Morgan fingerprint density at radius 2 is 1.73 bits per heavy atom. The van der Waals surface area contributed by atoms with Gasteiger partial charge in [-0.2, -0.15) is 0 Å². The summed E-state index contributed by atoms with van der Waals surface area (Å²) in [7, 11) is 5.66. The topological polar surface area (TPSA) is 124 Å². The van der Waals surface area contributed by atoms with Crippen LogP contribution in [0, 0.1) is 6.92 Å². The molecule has 11 heteroatoms. The van der Waals surface area contributed by atoms with Crippen LogP contribution in [0.25, 0.3) is 5.76 Å². The normalized spacial score (nSPS) is 16.6. The Bertz CT molecular complexity index is 1430. The lowest BCUT2D eigenvalue weighted by molar-refractivity contribution is -0.132. The second kappa shape index (κ2) is 10.3. The van der Waals surface area contributed by atoms with Gasteiger partial charge in [0.2, 0.25) is 0 Å². The Balaban J connectivity index is 1.97. The highest BCUT2D eigenvalue weighted by atomic mass is 32.1. The highest BCUT2D eigenvalue weighted by molar-refractivity contribution is 7.17. The van der Waals surface area contributed by atoms with Crippen LogP contribution in [0.1, 0.15) is 32.5 Å². The first-order valence-electron chi connectivity index (χ1n) is 11.0. The summed E-state index contributed by atoms with van der Waals surface area (Å²) < 4.78 is 20.8. The van der Waals surface area contributed by atoms with Crippen LogP contribution in [0.3, 0.4) is 0 Å². The van der Waals surface area contributed by atoms with Crippen molar-refractivity contribution in [1.82, 2.24) is 4.98 Å². The standard InChI is InChI=1S/C26H24N2O8S/c1-13-23(25(32)36-5)37-26(27-13)28-20(14-9-10-17(34-3)18(12-14)35-4)19(22(30)24(28)31)21(29)15-7-6-8-16(11-15)33-2/h6-12,20,29H,1-5H3. The molecule has 0 saturated carbocycles. The molecule has 1 aliphatic heterocycles. The lowest BCUT2D eigenvalue weighted by atomic mass is 9.95. The molecule has 1 saturated heterocycles. The van der Waals surface area contributed by atoms with Crippen LogP contribution in [-0.4, -0.2) is 56.2 Å². The van der Waals surface area contributed by atoms with Crippen LogP contribution in [0.5, 0.6) is 17.2 Å². The van der Waals surface area contributed by atoms with Crippen LogP contribution in [-0.2, 0) is 14.3 Å². The number of ketones is 1. The van der Waals surface area contributed by atoms with Gasteiger partial charge >= 0.3 is 11.9 Å². The number of methoxy groups -OCH3 is 4. The number of aromatic nitrogens is 1. The lowest BCUT2D eigenvalue weighted by Crippen LogP contribution is -2.29. The monoisotopic (exact) mass is 524 g/mol. The van der Waals surface area contributed by atoms with E-state index in [1.54, 1.807) is 49.4 Å². The molecule has 10 nitrogen and oxygen atoms in total. The first-order chi connectivity index (χ1) is 17.7. The Morgan fingerprint density at radius 3 is 2.38 bits per heavy atom. The molecule has 37 heavy (non-hydrogen) atoms. The van der Waals surface area contributed by atoms with E-state index in [4.69, 9.17) is 18.9 Å². The average molecular weight is 525 g/mol. The van der Waals surface area contributed by atoms with Gasteiger partial charge in [0.05, 0.1) is 45.7 Å². The van der Waals surface area contributed by atoms with E-state index in [1.165, 1.54) is 33.3 Å². The Kier molecular flexibility index (Phi) is 7.16. The lowest BCUT2D eigenvalue weighted by Gasteiger charge is -2.23. The number of amides is 1. The van der Waals surface area contributed by atoms with Crippen molar-refractivity contribution in [2.75, 3.05) is 33.3 Å². The number of hydrogen-bond donors (Lipinski definition) is 1. The molecule has 0 spiro atoms. The van der Waals surface area contributed by atoms with Crippen LogP contribution < -0.4 is 19.1 Å². The number of hydrogen-bond acceptors (Lipinski definition) is 10. The number of anilines is 1. The summed E-state index contributed by atoms with van der Waals surface area (Å²) in [6.07, 6.45) is 0. The number of carbonyl (C=O) groups excluding carboxylic acids is 3. The molecule has 3 aromatic rings. The first kappa shape index (κ1) is 25.7. The third kappa shape index (κ3) is 4.49. The summed E-state index contributed by atoms with van der Waals surface area (Å²) >= 11 is 0.914. The molecule has 0 aliphatic carbocycles. The second-order valence-corrected chi connectivity index (χ2v) is 8.90. The van der Waals surface area contributed by atoms with Gasteiger partial charge in [-0.3, -0.25) is 14.5 Å². The minimum absolute atomic E-state index is 0.101. The average Bonchev–Trinajstić information content (AvgIpc) is 3.43. The zero-order chi connectivity index (χ0) is 26.9. The van der Waals surface area contributed by atoms with E-state index < -0.39 is 23.7 Å². The minimum Gasteiger partial charge on any atom is -0.507 e. The number of thiazole rings is 1. The van der Waals surface area contributed by atoms with Crippen molar-refractivity contribution >= 4 is 39.9 Å². The van der Waals surface area contributed by atoms with Crippen molar-refractivity contribution in [3.8, 4) is 17.2 Å². The summed E-state index contributed by atoms with van der Waals surface area (Å²) in [4.78, 5) is 44.7. The summed E-state index contributed by atoms with van der Waals surface area (Å²) in [5.74, 6) is -1.56. The highest BCUT2D eigenvalue weighted by Crippen LogP contribution is 2.45. The van der Waals surface area contributed by atoms with Crippen molar-refractivity contribution in [3.05, 3.63) is 69.7 Å². The number of Topliss-reactive ketones (excluding diaryl/α,β-unsaturated/α-hetero) is 1. The SMILES string of the molecule is COC(=O)c1sc(N2C(=O)C(=O)C(=C(O)c3cccc(OC)c3)C2c2ccc(OC)c(OC)c2)nc1C. The summed E-state index contributed by atoms with van der Waals surface area (Å²) in [6.45, 7) is 1.60. The molecular weight excluding hydrogens is 500 g/mol. The van der Waals surface area contributed by atoms with Crippen molar-refractivity contribution in [2.45, 2.75) is 13.0 Å². The number of rotatable bonds is 7. The molecule has 1 aliphatic rings. The predicted molar refractivity (Wildman–Crippen MR) is 136 cm³/mol. The molecule has 192 valence electrons. The molecule has 0 bridgehead atoms. The number of aryl methyl sites for hydroxylation is 1. The van der Waals surface area contributed by atoms with Crippen LogP contribution in [0.4, 0.5) is 5.13 Å². The Labute approximate surface area is 216 Å². The van der Waals surface area contributed by atoms with Crippen molar-refractivity contribution < 1.29 is 38.4 Å². The molecule has 0 radical (unpaired) electrons. The number of esters is 1. The highest BCUT2D eigenvalue weighted by Gasteiger charge is 2.48. The van der Waals surface area contributed by atoms with Gasteiger partial charge < -0.3 is 24.1 Å². The molecule has 2 heterocycles. The van der Waals surface area contributed by atoms with Gasteiger partial charge in [-0.25, -0.2) is 9.78 Å². The van der Waals surface area contributed by atoms with Gasteiger partial charge in [0.15, 0.2) is 16.6 Å². The number of aliphatic hydroxyl groups is 1. The zero-order valence-corrected chi connectivity index (χ0v) is 21.5. The van der Waals surface area contributed by atoms with Gasteiger partial charge in [0.25, 0.3) is 5.78 Å². The molecule has 2 aromatic carbocycles. The van der Waals surface area contributed by atoms with E-state index in [1.807, 2.05) is 0 Å². The maximum atomic E-state index is 13.4. The maximum absolute atomic E-state index is 13.4. The van der Waals surface area contributed by atoms with E-state index in [2.05, 4.69) is 4.98 Å². The summed E-state index contributed by atoms with van der Waals surface area (Å²) in [6, 6.07) is 10.3. The number of benzene rings is 2. The third-order valence-electron chi connectivity index (χ3n) is 5.87. The Morgan fingerprint density at radius 1 is 1.00 bits per heavy atom. The molecular formula is C26H24N2O8S. The quantitative estimate of drug-likeness (QED) is 0.212. The third-order valence-corrected chi connectivity index (χ3v) is 7.01. The second-order valence-electron chi connectivity index (χ2n) is 7.92. The fraction of sp³-hybridized carbons (Fsp3) is 0.231. The number of aliphatic hydroxyl groups excluding tert-OH is 1. The Hall–Kier alpha value is -4.38. The first-order valence-corrected chi connectivity index (χ1v) is 11.8. The molecule has 1 fully saturated rings. The number of carbonyl (C=O) groups is 3. The van der Waals surface area contributed by atoms with Gasteiger partial charge in [0, 0.05) is 5.56 Å². The number of ether oxygens (including phenoxy) is 4. The van der Waals surface area contributed by atoms with Crippen LogP contribution in [0.15, 0.2) is 48.0 Å². The summed E-state index contributed by atoms with van der Waals surface area (Å²) in [5.41, 5.74) is 0.924. The molecule has 1 atom stereocenters. The van der Waals surface area contributed by atoms with Crippen molar-refractivity contribution in [3.63, 3.8) is 0 Å². The maximum Gasteiger partial charge on any atom is 0.350 e. The van der Waals surface area contributed by atoms with E-state index in [0.29, 0.717) is 28.5 Å². The van der Waals surface area contributed by atoms with E-state index >= 15 is 0 Å². The van der Waals surface area contributed by atoms with E-state index in [9.17, 15) is 19.5 Å². The minimum atomic E-state index is -1.08. The van der Waals surface area contributed by atoms with Crippen molar-refractivity contribution in [1.29, 1.82) is 0 Å². The van der Waals surface area contributed by atoms with Gasteiger partial charge in [0.1, 0.15) is 16.4 Å². The molecule has 1 N–H and O–H groups in total. The van der Waals surface area contributed by atoms with Gasteiger partial charge in [-0.15, -0.1) is 0 Å². The van der Waals surface area contributed by atoms with E-state index in [0.717, 1.165) is 11.3 Å². The fourth-order valence-electron chi connectivity index (χ4n) is 4.06. The number of nitrogens with zero attached hydrogens (tertiary/aromatic N) is 2. The molecule has 1 amide bonds. The zero-order valence-electron chi connectivity index (χ0n) is 20.7. The van der Waals surface area contributed by atoms with Crippen LogP contribution >= 0.6 is 11.3 Å². The van der Waals surface area contributed by atoms with Gasteiger partial charge in [-0.05, 0) is 36.8 Å². The largest absolute Gasteiger partial charge is 0.507 e. The smallest absolute Gasteiger partial charge is 0.350 e.